The average Bonchev–Trinajstić information content (AvgIpc) is 2.74. The van der Waals surface area contributed by atoms with E-state index in [9.17, 15) is 0 Å². The Labute approximate surface area is 159 Å². The number of para-hydroxylation sites is 2. The van der Waals surface area contributed by atoms with Crippen LogP contribution in [0.4, 0.5) is 5.69 Å². The van der Waals surface area contributed by atoms with Crippen LogP contribution in [0.15, 0.2) is 89.9 Å². The maximum absolute atomic E-state index is 6.71. The second-order valence-electron chi connectivity index (χ2n) is 7.21. The van der Waals surface area contributed by atoms with E-state index in [2.05, 4.69) is 65.6 Å². The fourth-order valence-electron chi connectivity index (χ4n) is 4.18. The molecule has 0 aromatic heterocycles. The van der Waals surface area contributed by atoms with Gasteiger partial charge in [0.25, 0.3) is 0 Å². The first-order valence-electron chi connectivity index (χ1n) is 9.57. The first kappa shape index (κ1) is 16.1. The zero-order chi connectivity index (χ0) is 18.1. The number of nitrogens with zero attached hydrogens (tertiary/aromatic N) is 2. The minimum atomic E-state index is -0.511. The van der Waals surface area contributed by atoms with Crippen molar-refractivity contribution >= 4 is 11.5 Å². The van der Waals surface area contributed by atoms with Crippen molar-refractivity contribution in [2.75, 3.05) is 6.54 Å². The van der Waals surface area contributed by atoms with Crippen LogP contribution in [0.2, 0.25) is 0 Å². The number of aliphatic imine (C=N–C) groups is 1. The Morgan fingerprint density at radius 2 is 1.56 bits per heavy atom. The molecule has 0 amide bonds. The summed E-state index contributed by atoms with van der Waals surface area (Å²) >= 11 is 0. The third-order valence-electron chi connectivity index (χ3n) is 5.45. The number of amidine groups is 1. The number of benzene rings is 3. The van der Waals surface area contributed by atoms with Crippen molar-refractivity contribution in [3.05, 3.63) is 96.1 Å². The molecule has 1 atom stereocenters. The van der Waals surface area contributed by atoms with Gasteiger partial charge in [-0.2, -0.15) is 0 Å². The largest absolute Gasteiger partial charge is 0.472 e. The van der Waals surface area contributed by atoms with E-state index in [0.29, 0.717) is 0 Å². The Bertz CT molecular complexity index is 968. The van der Waals surface area contributed by atoms with Gasteiger partial charge in [-0.3, -0.25) is 0 Å². The van der Waals surface area contributed by atoms with Crippen LogP contribution in [0.3, 0.4) is 0 Å². The van der Waals surface area contributed by atoms with Crippen LogP contribution in [-0.2, 0) is 12.1 Å². The predicted molar refractivity (Wildman–Crippen MR) is 108 cm³/mol. The molecule has 2 aliphatic rings. The molecule has 2 heterocycles. The molecule has 0 saturated carbocycles. The summed E-state index contributed by atoms with van der Waals surface area (Å²) in [5.74, 6) is 1.90. The average molecular weight is 354 g/mol. The standard InChI is InChI=1S/C24H22N2O/c1-3-10-19(11-4-1)18-26-17-9-16-24(20-12-5-2-6-13-20)23(26)25-21-14-7-8-15-22(21)27-24/h1-8,10-15H,9,16-18H2/t24-/m0/s1. The lowest BCUT2D eigenvalue weighted by atomic mass is 9.83. The van der Waals surface area contributed by atoms with E-state index in [0.717, 1.165) is 43.2 Å². The molecule has 3 nitrogen and oxygen atoms in total. The summed E-state index contributed by atoms with van der Waals surface area (Å²) in [4.78, 5) is 7.50. The first-order valence-corrected chi connectivity index (χ1v) is 9.57. The van der Waals surface area contributed by atoms with Crippen molar-refractivity contribution in [3.63, 3.8) is 0 Å². The van der Waals surface area contributed by atoms with Gasteiger partial charge in [0.2, 0.25) is 0 Å². The van der Waals surface area contributed by atoms with E-state index in [-0.39, 0.29) is 0 Å². The molecule has 3 aromatic rings. The number of ether oxygens (including phenoxy) is 1. The highest BCUT2D eigenvalue weighted by Crippen LogP contribution is 2.46. The summed E-state index contributed by atoms with van der Waals surface area (Å²) in [5, 5.41) is 0. The number of piperidine rings is 1. The van der Waals surface area contributed by atoms with Crippen LogP contribution in [0, 0.1) is 0 Å². The van der Waals surface area contributed by atoms with Gasteiger partial charge in [0.1, 0.15) is 11.4 Å². The smallest absolute Gasteiger partial charge is 0.191 e. The number of likely N-dealkylation sites (tertiary alicyclic amines) is 1. The van der Waals surface area contributed by atoms with Crippen LogP contribution in [0.1, 0.15) is 24.0 Å². The van der Waals surface area contributed by atoms with Crippen molar-refractivity contribution < 1.29 is 4.74 Å². The van der Waals surface area contributed by atoms with Gasteiger partial charge in [-0.1, -0.05) is 72.8 Å². The Balaban J connectivity index is 1.63. The normalized spacial score (nSPS) is 20.9. The maximum atomic E-state index is 6.71. The molecule has 27 heavy (non-hydrogen) atoms. The molecule has 134 valence electrons. The van der Waals surface area contributed by atoms with Crippen LogP contribution in [0.25, 0.3) is 0 Å². The number of rotatable bonds is 3. The highest BCUT2D eigenvalue weighted by atomic mass is 16.5. The summed E-state index contributed by atoms with van der Waals surface area (Å²) in [6.45, 7) is 1.84. The van der Waals surface area contributed by atoms with Crippen LogP contribution in [-0.4, -0.2) is 17.3 Å². The van der Waals surface area contributed by atoms with Gasteiger partial charge in [0, 0.05) is 25.1 Å². The zero-order valence-electron chi connectivity index (χ0n) is 15.2. The molecule has 0 spiro atoms. The lowest BCUT2D eigenvalue weighted by Gasteiger charge is -2.47. The molecule has 1 saturated heterocycles. The monoisotopic (exact) mass is 354 g/mol. The Morgan fingerprint density at radius 1 is 0.852 bits per heavy atom. The van der Waals surface area contributed by atoms with Gasteiger partial charge >= 0.3 is 0 Å². The highest BCUT2D eigenvalue weighted by molar-refractivity contribution is 5.96. The van der Waals surface area contributed by atoms with Crippen molar-refractivity contribution in [1.29, 1.82) is 0 Å². The van der Waals surface area contributed by atoms with Crippen molar-refractivity contribution in [1.82, 2.24) is 4.90 Å². The van der Waals surface area contributed by atoms with Gasteiger partial charge in [-0.25, -0.2) is 4.99 Å². The van der Waals surface area contributed by atoms with E-state index in [1.165, 1.54) is 11.1 Å². The highest BCUT2D eigenvalue weighted by Gasteiger charge is 2.47. The molecule has 3 heteroatoms. The molecule has 3 aromatic carbocycles. The van der Waals surface area contributed by atoms with Crippen molar-refractivity contribution in [2.24, 2.45) is 4.99 Å². The Morgan fingerprint density at radius 3 is 2.37 bits per heavy atom. The molecule has 0 unspecified atom stereocenters. The first-order chi connectivity index (χ1) is 13.4. The van der Waals surface area contributed by atoms with Crippen LogP contribution >= 0.6 is 0 Å². The van der Waals surface area contributed by atoms with Gasteiger partial charge in [0.15, 0.2) is 11.4 Å². The van der Waals surface area contributed by atoms with Gasteiger partial charge in [-0.15, -0.1) is 0 Å². The Kier molecular flexibility index (Phi) is 3.93. The predicted octanol–water partition coefficient (Wildman–Crippen LogP) is 5.30. The fraction of sp³-hybridized carbons (Fsp3) is 0.208. The molecule has 0 N–H and O–H groups in total. The topological polar surface area (TPSA) is 24.8 Å². The SMILES string of the molecule is c1ccc(CN2CCC[C@@]3(c4ccccc4)Oc4ccccc4N=C23)cc1. The second-order valence-corrected chi connectivity index (χ2v) is 7.21. The van der Waals surface area contributed by atoms with Crippen molar-refractivity contribution in [2.45, 2.75) is 25.0 Å². The fourth-order valence-corrected chi connectivity index (χ4v) is 4.18. The van der Waals surface area contributed by atoms with E-state index < -0.39 is 5.60 Å². The molecule has 0 aliphatic carbocycles. The molecule has 1 fully saturated rings. The minimum Gasteiger partial charge on any atom is -0.472 e. The summed E-state index contributed by atoms with van der Waals surface area (Å²) in [5.41, 5.74) is 2.88. The summed E-state index contributed by atoms with van der Waals surface area (Å²) < 4.78 is 6.71. The molecular weight excluding hydrogens is 332 g/mol. The summed E-state index contributed by atoms with van der Waals surface area (Å²) in [7, 11) is 0. The lowest BCUT2D eigenvalue weighted by Crippen LogP contribution is -2.55. The minimum absolute atomic E-state index is 0.511. The van der Waals surface area contributed by atoms with Crippen LogP contribution < -0.4 is 4.74 Å². The van der Waals surface area contributed by atoms with E-state index in [1.807, 2.05) is 24.3 Å². The number of hydrogen-bond donors (Lipinski definition) is 0. The molecule has 0 bridgehead atoms. The molecule has 5 rings (SSSR count). The van der Waals surface area contributed by atoms with E-state index in [1.54, 1.807) is 0 Å². The van der Waals surface area contributed by atoms with Crippen molar-refractivity contribution in [3.8, 4) is 5.75 Å². The summed E-state index contributed by atoms with van der Waals surface area (Å²) in [6.07, 6.45) is 2.01. The number of fused-ring (bicyclic) bond motifs is 2. The van der Waals surface area contributed by atoms with Crippen LogP contribution in [0.5, 0.6) is 5.75 Å². The van der Waals surface area contributed by atoms with Gasteiger partial charge in [-0.05, 0) is 24.1 Å². The van der Waals surface area contributed by atoms with E-state index >= 15 is 0 Å². The third-order valence-corrected chi connectivity index (χ3v) is 5.45. The van der Waals surface area contributed by atoms with Gasteiger partial charge < -0.3 is 9.64 Å². The zero-order valence-corrected chi connectivity index (χ0v) is 15.2. The lowest BCUT2D eigenvalue weighted by molar-refractivity contribution is 0.0843. The quantitative estimate of drug-likeness (QED) is 0.637. The second kappa shape index (κ2) is 6.58. The Hall–Kier alpha value is -3.07. The van der Waals surface area contributed by atoms with Gasteiger partial charge in [0.05, 0.1) is 0 Å². The third kappa shape index (κ3) is 2.80. The number of hydrogen-bond acceptors (Lipinski definition) is 3. The molecular formula is C24H22N2O. The van der Waals surface area contributed by atoms with E-state index in [4.69, 9.17) is 9.73 Å². The molecule has 0 radical (unpaired) electrons. The molecule has 2 aliphatic heterocycles. The maximum Gasteiger partial charge on any atom is 0.191 e. The summed E-state index contributed by atoms with van der Waals surface area (Å²) in [6, 6.07) is 29.3.